The fourth-order valence-corrected chi connectivity index (χ4v) is 2.37. The van der Waals surface area contributed by atoms with Gasteiger partial charge >= 0.3 is 6.18 Å². The molecule has 1 atom stereocenters. The van der Waals surface area contributed by atoms with Crippen molar-refractivity contribution < 1.29 is 23.1 Å². The Hall–Kier alpha value is -2.15. The molecule has 4 nitrogen and oxygen atoms in total. The quantitative estimate of drug-likeness (QED) is 0.904. The van der Waals surface area contributed by atoms with E-state index in [9.17, 15) is 23.1 Å². The second-order valence-electron chi connectivity index (χ2n) is 5.79. The van der Waals surface area contributed by atoms with Gasteiger partial charge in [0.15, 0.2) is 0 Å². The van der Waals surface area contributed by atoms with E-state index in [0.717, 1.165) is 0 Å². The molecule has 0 bridgehead atoms. The molecular formula is C16H17F3N2O2. The van der Waals surface area contributed by atoms with E-state index in [2.05, 4.69) is 10.3 Å². The number of anilines is 1. The first kappa shape index (κ1) is 17.2. The zero-order valence-electron chi connectivity index (χ0n) is 12.7. The van der Waals surface area contributed by atoms with Crippen LogP contribution < -0.4 is 5.32 Å². The van der Waals surface area contributed by atoms with Crippen molar-refractivity contribution in [3.63, 3.8) is 0 Å². The van der Waals surface area contributed by atoms with Crippen molar-refractivity contribution in [3.8, 4) is 0 Å². The Kier molecular flexibility index (Phi) is 4.61. The van der Waals surface area contributed by atoms with Crippen LogP contribution in [-0.4, -0.2) is 27.8 Å². The molecule has 0 spiro atoms. The second-order valence-corrected chi connectivity index (χ2v) is 5.79. The molecule has 0 saturated heterocycles. The topological polar surface area (TPSA) is 62.2 Å². The van der Waals surface area contributed by atoms with Crippen molar-refractivity contribution in [2.24, 2.45) is 5.92 Å². The van der Waals surface area contributed by atoms with Gasteiger partial charge in [-0.05, 0) is 36.6 Å². The number of carbonyl (C=O) groups excluding carboxylic acids is 1. The van der Waals surface area contributed by atoms with Gasteiger partial charge in [0.25, 0.3) is 5.91 Å². The number of aliphatic hydroxyl groups is 1. The number of pyridine rings is 1. The second kappa shape index (κ2) is 6.16. The third-order valence-electron chi connectivity index (χ3n) is 3.44. The van der Waals surface area contributed by atoms with Crippen molar-refractivity contribution in [1.82, 2.24) is 4.98 Å². The van der Waals surface area contributed by atoms with Gasteiger partial charge in [0.05, 0.1) is 11.2 Å². The van der Waals surface area contributed by atoms with Gasteiger partial charge in [-0.1, -0.05) is 19.9 Å². The van der Waals surface area contributed by atoms with Gasteiger partial charge in [0.2, 0.25) is 5.60 Å². The van der Waals surface area contributed by atoms with Gasteiger partial charge in [0, 0.05) is 11.6 Å². The lowest BCUT2D eigenvalue weighted by molar-refractivity contribution is -0.253. The molecule has 1 aromatic carbocycles. The first-order chi connectivity index (χ1) is 10.6. The Morgan fingerprint density at radius 2 is 1.96 bits per heavy atom. The SMILES string of the molecule is CC(C)CC(O)(C(=O)Nc1cccc2ncccc12)C(F)(F)F. The third kappa shape index (κ3) is 3.44. The molecule has 1 aromatic heterocycles. The maximum absolute atomic E-state index is 13.2. The van der Waals surface area contributed by atoms with E-state index < -0.39 is 30.0 Å². The van der Waals surface area contributed by atoms with E-state index in [1.807, 2.05) is 0 Å². The minimum absolute atomic E-state index is 0.173. The molecule has 1 heterocycles. The van der Waals surface area contributed by atoms with Crippen LogP contribution in [0.3, 0.4) is 0 Å². The Labute approximate surface area is 131 Å². The molecule has 1 amide bonds. The molecule has 0 aliphatic rings. The van der Waals surface area contributed by atoms with Crippen LogP contribution in [0, 0.1) is 5.92 Å². The summed E-state index contributed by atoms with van der Waals surface area (Å²) in [5.74, 6) is -2.00. The van der Waals surface area contributed by atoms with Crippen LogP contribution in [0.4, 0.5) is 18.9 Å². The summed E-state index contributed by atoms with van der Waals surface area (Å²) in [7, 11) is 0. The fourth-order valence-electron chi connectivity index (χ4n) is 2.37. The predicted octanol–water partition coefficient (Wildman–Crippen LogP) is 3.51. The van der Waals surface area contributed by atoms with E-state index in [-0.39, 0.29) is 5.69 Å². The monoisotopic (exact) mass is 326 g/mol. The highest BCUT2D eigenvalue weighted by Crippen LogP contribution is 2.37. The van der Waals surface area contributed by atoms with Gasteiger partial charge in [0.1, 0.15) is 0 Å². The summed E-state index contributed by atoms with van der Waals surface area (Å²) >= 11 is 0. The largest absolute Gasteiger partial charge is 0.426 e. The number of amides is 1. The zero-order valence-corrected chi connectivity index (χ0v) is 12.7. The molecule has 124 valence electrons. The first-order valence-electron chi connectivity index (χ1n) is 7.09. The number of rotatable bonds is 4. The molecule has 7 heteroatoms. The Morgan fingerprint density at radius 3 is 2.57 bits per heavy atom. The maximum Gasteiger partial charge on any atom is 0.426 e. The van der Waals surface area contributed by atoms with Gasteiger partial charge in [-0.2, -0.15) is 13.2 Å². The lowest BCUT2D eigenvalue weighted by atomic mass is 9.90. The van der Waals surface area contributed by atoms with Crippen molar-refractivity contribution >= 4 is 22.5 Å². The molecule has 0 aliphatic heterocycles. The van der Waals surface area contributed by atoms with E-state index >= 15 is 0 Å². The average molecular weight is 326 g/mol. The van der Waals surface area contributed by atoms with Crippen LogP contribution in [-0.2, 0) is 4.79 Å². The number of hydrogen-bond acceptors (Lipinski definition) is 3. The van der Waals surface area contributed by atoms with E-state index in [1.54, 1.807) is 30.5 Å². The van der Waals surface area contributed by atoms with Gasteiger partial charge in [-0.3, -0.25) is 9.78 Å². The van der Waals surface area contributed by atoms with Crippen molar-refractivity contribution in [2.45, 2.75) is 32.0 Å². The highest BCUT2D eigenvalue weighted by molar-refractivity contribution is 6.04. The lowest BCUT2D eigenvalue weighted by Gasteiger charge is -2.30. The maximum atomic E-state index is 13.2. The van der Waals surface area contributed by atoms with E-state index in [1.165, 1.54) is 19.9 Å². The van der Waals surface area contributed by atoms with Crippen molar-refractivity contribution in [3.05, 3.63) is 36.5 Å². The Bertz CT molecular complexity index is 711. The first-order valence-corrected chi connectivity index (χ1v) is 7.09. The Morgan fingerprint density at radius 1 is 1.26 bits per heavy atom. The normalized spacial score (nSPS) is 14.7. The number of benzene rings is 1. The summed E-state index contributed by atoms with van der Waals surface area (Å²) in [6, 6.07) is 7.96. The minimum Gasteiger partial charge on any atom is -0.373 e. The summed E-state index contributed by atoms with van der Waals surface area (Å²) in [5.41, 5.74) is -2.73. The molecule has 0 saturated carbocycles. The number of fused-ring (bicyclic) bond motifs is 1. The van der Waals surface area contributed by atoms with Gasteiger partial charge in [-0.25, -0.2) is 0 Å². The molecule has 0 aliphatic carbocycles. The van der Waals surface area contributed by atoms with Crippen molar-refractivity contribution in [1.29, 1.82) is 0 Å². The standard InChI is InChI=1S/C16H17F3N2O2/c1-10(2)9-15(23,16(17,18)19)14(22)21-13-7-3-6-12-11(13)5-4-8-20-12/h3-8,10,23H,9H2,1-2H3,(H,21,22). The van der Waals surface area contributed by atoms with Crippen LogP contribution in [0.25, 0.3) is 10.9 Å². The van der Waals surface area contributed by atoms with E-state index in [0.29, 0.717) is 10.9 Å². The zero-order chi connectivity index (χ0) is 17.3. The van der Waals surface area contributed by atoms with Gasteiger partial charge in [-0.15, -0.1) is 0 Å². The summed E-state index contributed by atoms with van der Waals surface area (Å²) in [6.07, 6.45) is -4.24. The molecule has 2 aromatic rings. The highest BCUT2D eigenvalue weighted by atomic mass is 19.4. The summed E-state index contributed by atoms with van der Waals surface area (Å²) < 4.78 is 39.6. The number of alkyl halides is 3. The number of hydrogen-bond donors (Lipinski definition) is 2. The fraction of sp³-hybridized carbons (Fsp3) is 0.375. The summed E-state index contributed by atoms with van der Waals surface area (Å²) in [6.45, 7) is 3.01. The number of nitrogens with zero attached hydrogens (tertiary/aromatic N) is 1. The van der Waals surface area contributed by atoms with Crippen LogP contribution >= 0.6 is 0 Å². The number of aromatic nitrogens is 1. The van der Waals surface area contributed by atoms with Gasteiger partial charge < -0.3 is 10.4 Å². The van der Waals surface area contributed by atoms with Crippen molar-refractivity contribution in [2.75, 3.05) is 5.32 Å². The third-order valence-corrected chi connectivity index (χ3v) is 3.44. The smallest absolute Gasteiger partial charge is 0.373 e. The molecule has 0 radical (unpaired) electrons. The molecular weight excluding hydrogens is 309 g/mol. The van der Waals surface area contributed by atoms with Crippen LogP contribution in [0.1, 0.15) is 20.3 Å². The molecule has 2 N–H and O–H groups in total. The number of carbonyl (C=O) groups is 1. The predicted molar refractivity (Wildman–Crippen MR) is 80.8 cm³/mol. The summed E-state index contributed by atoms with van der Waals surface area (Å²) in [5, 5.41) is 12.7. The van der Waals surface area contributed by atoms with Crippen LogP contribution in [0.2, 0.25) is 0 Å². The summed E-state index contributed by atoms with van der Waals surface area (Å²) in [4.78, 5) is 16.2. The van der Waals surface area contributed by atoms with Crippen LogP contribution in [0.15, 0.2) is 36.5 Å². The minimum atomic E-state index is -5.07. The average Bonchev–Trinajstić information content (AvgIpc) is 2.45. The number of halogens is 3. The van der Waals surface area contributed by atoms with E-state index in [4.69, 9.17) is 0 Å². The van der Waals surface area contributed by atoms with Crippen LogP contribution in [0.5, 0.6) is 0 Å². The molecule has 2 rings (SSSR count). The highest BCUT2D eigenvalue weighted by Gasteiger charge is 2.59. The lowest BCUT2D eigenvalue weighted by Crippen LogP contribution is -2.55. The number of nitrogens with one attached hydrogen (secondary N) is 1. The molecule has 0 fully saturated rings. The Balaban J connectivity index is 2.38. The molecule has 1 unspecified atom stereocenters. The molecule has 23 heavy (non-hydrogen) atoms.